The van der Waals surface area contributed by atoms with Crippen LogP contribution in [-0.4, -0.2) is 30.8 Å². The molecular formula is C16H13BrN6O. The van der Waals surface area contributed by atoms with Crippen molar-refractivity contribution < 1.29 is 4.74 Å². The molecule has 0 aliphatic carbocycles. The second kappa shape index (κ2) is 4.94. The standard InChI is InChI=1S/C16H13BrN6O/c17-10-6-11-14-12(7-10)24-5-1-4-22(14)15(19-11)9-2-3-13-20-16(18)21-23(13)8-9/h2-3,6-8H,1,4-5H2,(H2,18,21). The van der Waals surface area contributed by atoms with Gasteiger partial charge in [-0.15, -0.1) is 5.10 Å². The van der Waals surface area contributed by atoms with Gasteiger partial charge in [-0.05, 0) is 30.7 Å². The summed E-state index contributed by atoms with van der Waals surface area (Å²) in [6.45, 7) is 1.56. The lowest BCUT2D eigenvalue weighted by Crippen LogP contribution is -2.02. The molecule has 0 fully saturated rings. The van der Waals surface area contributed by atoms with E-state index in [0.717, 1.165) is 51.3 Å². The third-order valence-electron chi connectivity index (χ3n) is 4.16. The molecular weight excluding hydrogens is 372 g/mol. The molecule has 7 nitrogen and oxygen atoms in total. The van der Waals surface area contributed by atoms with Crippen LogP contribution < -0.4 is 10.5 Å². The molecule has 2 N–H and O–H groups in total. The quantitative estimate of drug-likeness (QED) is 0.545. The smallest absolute Gasteiger partial charge is 0.240 e. The average Bonchev–Trinajstić information content (AvgIpc) is 3.02. The number of fused-ring (bicyclic) bond motifs is 1. The van der Waals surface area contributed by atoms with Crippen molar-refractivity contribution in [3.63, 3.8) is 0 Å². The van der Waals surface area contributed by atoms with E-state index >= 15 is 0 Å². The van der Waals surface area contributed by atoms with Gasteiger partial charge >= 0.3 is 0 Å². The molecule has 1 aliphatic rings. The first-order chi connectivity index (χ1) is 11.7. The first kappa shape index (κ1) is 13.8. The lowest BCUT2D eigenvalue weighted by molar-refractivity contribution is 0.315. The number of aryl methyl sites for hydroxylation is 1. The summed E-state index contributed by atoms with van der Waals surface area (Å²) in [5.74, 6) is 2.02. The molecule has 4 heterocycles. The van der Waals surface area contributed by atoms with E-state index < -0.39 is 0 Å². The molecule has 0 radical (unpaired) electrons. The van der Waals surface area contributed by atoms with Crippen LogP contribution in [0, 0.1) is 0 Å². The fraction of sp³-hybridized carbons (Fsp3) is 0.188. The number of hydrogen-bond acceptors (Lipinski definition) is 5. The fourth-order valence-electron chi connectivity index (χ4n) is 3.18. The van der Waals surface area contributed by atoms with Crippen molar-refractivity contribution in [1.29, 1.82) is 0 Å². The number of aromatic nitrogens is 5. The van der Waals surface area contributed by atoms with E-state index in [1.54, 1.807) is 4.52 Å². The number of benzene rings is 1. The van der Waals surface area contributed by atoms with Crippen LogP contribution in [0.25, 0.3) is 28.1 Å². The molecule has 0 amide bonds. The predicted molar refractivity (Wildman–Crippen MR) is 93.9 cm³/mol. The Labute approximate surface area is 145 Å². The third-order valence-corrected chi connectivity index (χ3v) is 4.62. The number of nitrogens with zero attached hydrogens (tertiary/aromatic N) is 5. The highest BCUT2D eigenvalue weighted by Crippen LogP contribution is 2.35. The van der Waals surface area contributed by atoms with E-state index in [2.05, 4.69) is 30.6 Å². The SMILES string of the molecule is Nc1nc2ccc(-c3nc4cc(Br)cc5c4n3CCCO5)cn2n1. The maximum Gasteiger partial charge on any atom is 0.240 e. The van der Waals surface area contributed by atoms with Gasteiger partial charge in [0.1, 0.15) is 17.1 Å². The van der Waals surface area contributed by atoms with Crippen LogP contribution in [0.15, 0.2) is 34.9 Å². The number of ether oxygens (including phenoxy) is 1. The van der Waals surface area contributed by atoms with Crippen LogP contribution >= 0.6 is 15.9 Å². The Hall–Kier alpha value is -2.61. The summed E-state index contributed by atoms with van der Waals surface area (Å²) in [5, 5.41) is 4.19. The highest BCUT2D eigenvalue weighted by Gasteiger charge is 2.20. The van der Waals surface area contributed by atoms with Crippen molar-refractivity contribution in [1.82, 2.24) is 24.1 Å². The third kappa shape index (κ3) is 1.99. The number of halogens is 1. The van der Waals surface area contributed by atoms with Gasteiger partial charge in [0.25, 0.3) is 0 Å². The van der Waals surface area contributed by atoms with Gasteiger partial charge in [0.05, 0.1) is 12.1 Å². The number of hydrogen-bond donors (Lipinski definition) is 1. The summed E-state index contributed by atoms with van der Waals surface area (Å²) in [7, 11) is 0. The van der Waals surface area contributed by atoms with Gasteiger partial charge < -0.3 is 15.0 Å². The van der Waals surface area contributed by atoms with Gasteiger partial charge in [-0.2, -0.15) is 4.98 Å². The zero-order valence-electron chi connectivity index (χ0n) is 12.6. The fourth-order valence-corrected chi connectivity index (χ4v) is 3.61. The first-order valence-corrected chi connectivity index (χ1v) is 8.43. The van der Waals surface area contributed by atoms with Crippen molar-refractivity contribution in [3.05, 3.63) is 34.9 Å². The summed E-state index contributed by atoms with van der Waals surface area (Å²) in [5.41, 5.74) is 9.30. The zero-order chi connectivity index (χ0) is 16.3. The Morgan fingerprint density at radius 2 is 2.12 bits per heavy atom. The molecule has 1 aromatic carbocycles. The van der Waals surface area contributed by atoms with Gasteiger partial charge in [0.15, 0.2) is 5.65 Å². The van der Waals surface area contributed by atoms with Crippen LogP contribution in [-0.2, 0) is 6.54 Å². The number of imidazole rings is 1. The number of anilines is 1. The van der Waals surface area contributed by atoms with Crippen LogP contribution in [0.5, 0.6) is 5.75 Å². The topological polar surface area (TPSA) is 83.3 Å². The Kier molecular flexibility index (Phi) is 2.84. The lowest BCUT2D eigenvalue weighted by atomic mass is 10.2. The molecule has 0 bridgehead atoms. The predicted octanol–water partition coefficient (Wildman–Crippen LogP) is 2.87. The molecule has 0 atom stereocenters. The Morgan fingerprint density at radius 1 is 1.21 bits per heavy atom. The molecule has 4 aromatic rings. The van der Waals surface area contributed by atoms with Crippen LogP contribution in [0.4, 0.5) is 5.95 Å². The van der Waals surface area contributed by atoms with E-state index in [1.807, 2.05) is 30.5 Å². The van der Waals surface area contributed by atoms with Gasteiger partial charge in [-0.25, -0.2) is 9.50 Å². The molecule has 5 rings (SSSR count). The van der Waals surface area contributed by atoms with E-state index in [1.165, 1.54) is 0 Å². The van der Waals surface area contributed by atoms with Crippen molar-refractivity contribution in [2.45, 2.75) is 13.0 Å². The van der Waals surface area contributed by atoms with Gasteiger partial charge in [0.2, 0.25) is 5.95 Å². The van der Waals surface area contributed by atoms with Crippen molar-refractivity contribution in [3.8, 4) is 17.1 Å². The summed E-state index contributed by atoms with van der Waals surface area (Å²) in [4.78, 5) is 8.99. The van der Waals surface area contributed by atoms with Crippen LogP contribution in [0.1, 0.15) is 6.42 Å². The molecule has 0 spiro atoms. The highest BCUT2D eigenvalue weighted by molar-refractivity contribution is 9.10. The van der Waals surface area contributed by atoms with E-state index in [4.69, 9.17) is 15.5 Å². The Bertz CT molecular complexity index is 1100. The van der Waals surface area contributed by atoms with Gasteiger partial charge in [0, 0.05) is 22.8 Å². The maximum absolute atomic E-state index is 5.89. The van der Waals surface area contributed by atoms with Crippen molar-refractivity contribution in [2.24, 2.45) is 0 Å². The number of pyridine rings is 1. The maximum atomic E-state index is 5.89. The van der Waals surface area contributed by atoms with Crippen molar-refractivity contribution >= 4 is 38.6 Å². The minimum Gasteiger partial charge on any atom is -0.491 e. The van der Waals surface area contributed by atoms with Crippen molar-refractivity contribution in [2.75, 3.05) is 12.3 Å². The minimum absolute atomic E-state index is 0.262. The first-order valence-electron chi connectivity index (χ1n) is 7.64. The molecule has 24 heavy (non-hydrogen) atoms. The normalized spacial score (nSPS) is 14.0. The van der Waals surface area contributed by atoms with Gasteiger partial charge in [-0.1, -0.05) is 15.9 Å². The molecule has 3 aromatic heterocycles. The van der Waals surface area contributed by atoms with Crippen LogP contribution in [0.3, 0.4) is 0 Å². The van der Waals surface area contributed by atoms with E-state index in [-0.39, 0.29) is 5.95 Å². The lowest BCUT2D eigenvalue weighted by Gasteiger charge is -2.07. The molecule has 0 saturated carbocycles. The monoisotopic (exact) mass is 384 g/mol. The second-order valence-electron chi connectivity index (χ2n) is 5.75. The molecule has 0 saturated heterocycles. The Morgan fingerprint density at radius 3 is 3.04 bits per heavy atom. The van der Waals surface area contributed by atoms with Crippen LogP contribution in [0.2, 0.25) is 0 Å². The number of nitrogens with two attached hydrogens (primary N) is 1. The average molecular weight is 385 g/mol. The minimum atomic E-state index is 0.262. The summed E-state index contributed by atoms with van der Waals surface area (Å²) in [6.07, 6.45) is 2.84. The van der Waals surface area contributed by atoms with Gasteiger partial charge in [-0.3, -0.25) is 0 Å². The second-order valence-corrected chi connectivity index (χ2v) is 6.67. The highest BCUT2D eigenvalue weighted by atomic mass is 79.9. The van der Waals surface area contributed by atoms with E-state index in [9.17, 15) is 0 Å². The summed E-state index contributed by atoms with van der Waals surface area (Å²) in [6, 6.07) is 7.90. The summed E-state index contributed by atoms with van der Waals surface area (Å²) >= 11 is 3.53. The summed E-state index contributed by atoms with van der Waals surface area (Å²) < 4.78 is 10.7. The largest absolute Gasteiger partial charge is 0.491 e. The molecule has 120 valence electrons. The number of nitrogen functional groups attached to an aromatic ring is 1. The van der Waals surface area contributed by atoms with E-state index in [0.29, 0.717) is 6.61 Å². The zero-order valence-corrected chi connectivity index (χ0v) is 14.2. The number of rotatable bonds is 1. The molecule has 0 unspecified atom stereocenters. The molecule has 1 aliphatic heterocycles. The molecule has 8 heteroatoms. The Balaban J connectivity index is 1.79.